The molecule has 2 saturated carbocycles. The van der Waals surface area contributed by atoms with Gasteiger partial charge in [0, 0.05) is 12.1 Å². The van der Waals surface area contributed by atoms with E-state index < -0.39 is 11.7 Å². The Bertz CT molecular complexity index is 1500. The lowest BCUT2D eigenvalue weighted by Gasteiger charge is -2.19. The number of fused-ring (bicyclic) bond motifs is 3. The number of hydrogen-bond acceptors (Lipinski definition) is 5. The highest BCUT2D eigenvalue weighted by atomic mass is 19.1. The van der Waals surface area contributed by atoms with E-state index in [1.165, 1.54) is 6.07 Å². The molecule has 184 valence electrons. The van der Waals surface area contributed by atoms with Gasteiger partial charge in [0.15, 0.2) is 11.6 Å². The van der Waals surface area contributed by atoms with E-state index in [4.69, 9.17) is 4.74 Å². The first-order chi connectivity index (χ1) is 17.0. The van der Waals surface area contributed by atoms with Crippen molar-refractivity contribution < 1.29 is 13.9 Å². The maximum Gasteiger partial charge on any atom is 0.258 e. The molecule has 1 spiro atoms. The van der Waals surface area contributed by atoms with Crippen LogP contribution in [0.4, 0.5) is 10.1 Å². The number of ether oxygens (including phenoxy) is 1. The van der Waals surface area contributed by atoms with E-state index in [0.29, 0.717) is 29.7 Å². The van der Waals surface area contributed by atoms with E-state index >= 15 is 0 Å². The number of anilines is 1. The number of para-hydroxylation sites is 1. The number of hydrogen-bond donors (Lipinski definition) is 1. The van der Waals surface area contributed by atoms with Gasteiger partial charge >= 0.3 is 0 Å². The SMILES string of the molecule is C.Cc1cc(F)c(C(=O)Nc2cccc3c2OC2(CC2)Cn2cnnc2-3)cc1-n1cnc(C2CC2)c1. The zero-order valence-corrected chi connectivity index (χ0v) is 19.2. The van der Waals surface area contributed by atoms with Crippen molar-refractivity contribution in [3.05, 3.63) is 71.8 Å². The summed E-state index contributed by atoms with van der Waals surface area (Å²) in [4.78, 5) is 17.8. The third-order valence-electron chi connectivity index (χ3n) is 7.11. The molecular weight excluding hydrogens is 459 g/mol. The molecule has 2 aromatic carbocycles. The lowest BCUT2D eigenvalue weighted by molar-refractivity contribution is 0.102. The Kier molecular flexibility index (Phi) is 5.00. The van der Waals surface area contributed by atoms with Crippen molar-refractivity contribution in [2.45, 2.75) is 58.1 Å². The molecule has 2 aliphatic carbocycles. The number of carbonyl (C=O) groups is 1. The molecule has 7 rings (SSSR count). The molecule has 9 heteroatoms. The zero-order chi connectivity index (χ0) is 23.7. The molecule has 0 radical (unpaired) electrons. The second kappa shape index (κ2) is 8.01. The normalized spacial score (nSPS) is 16.8. The van der Waals surface area contributed by atoms with Crippen LogP contribution in [0.5, 0.6) is 5.75 Å². The van der Waals surface area contributed by atoms with Crippen molar-refractivity contribution in [2.75, 3.05) is 5.32 Å². The lowest BCUT2D eigenvalue weighted by Crippen LogP contribution is -2.24. The highest BCUT2D eigenvalue weighted by Crippen LogP contribution is 2.49. The molecule has 1 N–H and O–H groups in total. The Hall–Kier alpha value is -4.01. The van der Waals surface area contributed by atoms with E-state index in [1.807, 2.05) is 34.4 Å². The van der Waals surface area contributed by atoms with Gasteiger partial charge in [-0.15, -0.1) is 10.2 Å². The molecule has 36 heavy (non-hydrogen) atoms. The van der Waals surface area contributed by atoms with Gasteiger partial charge in [-0.2, -0.15) is 0 Å². The van der Waals surface area contributed by atoms with Crippen LogP contribution in [0.1, 0.15) is 60.6 Å². The van der Waals surface area contributed by atoms with Crippen molar-refractivity contribution >= 4 is 11.6 Å². The number of halogens is 1. The van der Waals surface area contributed by atoms with Gasteiger partial charge in [0.05, 0.1) is 41.1 Å². The Morgan fingerprint density at radius 2 is 2.06 bits per heavy atom. The lowest BCUT2D eigenvalue weighted by atomic mass is 10.1. The van der Waals surface area contributed by atoms with Crippen LogP contribution < -0.4 is 10.1 Å². The van der Waals surface area contributed by atoms with Crippen LogP contribution in [0, 0.1) is 12.7 Å². The van der Waals surface area contributed by atoms with Crippen LogP contribution in [0.25, 0.3) is 17.1 Å². The summed E-state index contributed by atoms with van der Waals surface area (Å²) in [6.07, 6.45) is 9.52. The minimum absolute atomic E-state index is 0. The summed E-state index contributed by atoms with van der Waals surface area (Å²) in [6.45, 7) is 2.48. The maximum absolute atomic E-state index is 15.0. The van der Waals surface area contributed by atoms with E-state index in [2.05, 4.69) is 20.5 Å². The average Bonchev–Trinajstić information content (AvgIpc) is 3.74. The van der Waals surface area contributed by atoms with Crippen LogP contribution in [-0.2, 0) is 6.54 Å². The number of aryl methyl sites for hydroxylation is 1. The first-order valence-corrected chi connectivity index (χ1v) is 11.9. The van der Waals surface area contributed by atoms with Crippen molar-refractivity contribution in [3.8, 4) is 22.8 Å². The number of nitrogens with one attached hydrogen (secondary N) is 1. The molecule has 0 bridgehead atoms. The summed E-state index contributed by atoms with van der Waals surface area (Å²) in [5.74, 6) is 0.622. The highest BCUT2D eigenvalue weighted by molar-refractivity contribution is 6.06. The second-order valence-electron chi connectivity index (χ2n) is 9.80. The van der Waals surface area contributed by atoms with Crippen LogP contribution in [0.2, 0.25) is 0 Å². The quantitative estimate of drug-likeness (QED) is 0.425. The molecule has 2 fully saturated rings. The van der Waals surface area contributed by atoms with Crippen molar-refractivity contribution in [3.63, 3.8) is 0 Å². The Morgan fingerprint density at radius 3 is 2.83 bits per heavy atom. The minimum atomic E-state index is -0.576. The molecule has 4 aromatic rings. The van der Waals surface area contributed by atoms with Crippen molar-refractivity contribution in [1.82, 2.24) is 24.3 Å². The number of amides is 1. The first kappa shape index (κ1) is 22.5. The average molecular weight is 487 g/mol. The molecule has 8 nitrogen and oxygen atoms in total. The van der Waals surface area contributed by atoms with Crippen LogP contribution in [0.3, 0.4) is 0 Å². The summed E-state index contributed by atoms with van der Waals surface area (Å²) >= 11 is 0. The van der Waals surface area contributed by atoms with Crippen molar-refractivity contribution in [2.24, 2.45) is 0 Å². The monoisotopic (exact) mass is 486 g/mol. The van der Waals surface area contributed by atoms with Crippen molar-refractivity contribution in [1.29, 1.82) is 0 Å². The number of nitrogens with zero attached hydrogens (tertiary/aromatic N) is 5. The standard InChI is InChI=1S/C26H23FN6O2.CH4/c1-15-9-19(27)18(10-22(15)32-11-21(28-13-32)16-5-6-16)25(34)30-20-4-2-3-17-23(20)35-26(7-8-26)12-33-14-29-31-24(17)33;/h2-4,9-11,13-14,16H,5-8,12H2,1H3,(H,30,34);1H4. The summed E-state index contributed by atoms with van der Waals surface area (Å²) in [5.41, 5.74) is 3.35. The Balaban J connectivity index is 0.00000240. The highest BCUT2D eigenvalue weighted by Gasteiger charge is 2.48. The predicted molar refractivity (Wildman–Crippen MR) is 133 cm³/mol. The number of aromatic nitrogens is 5. The van der Waals surface area contributed by atoms with Gasteiger partial charge in [-0.3, -0.25) is 4.79 Å². The van der Waals surface area contributed by atoms with E-state index in [-0.39, 0.29) is 18.6 Å². The van der Waals surface area contributed by atoms with E-state index in [1.54, 1.807) is 24.8 Å². The first-order valence-electron chi connectivity index (χ1n) is 11.9. The third kappa shape index (κ3) is 3.66. The van der Waals surface area contributed by atoms with Gasteiger partial charge in [0.1, 0.15) is 17.7 Å². The van der Waals surface area contributed by atoms with Gasteiger partial charge in [-0.05, 0) is 62.4 Å². The zero-order valence-electron chi connectivity index (χ0n) is 19.2. The summed E-state index contributed by atoms with van der Waals surface area (Å²) in [6, 6.07) is 8.46. The molecule has 0 atom stereocenters. The largest absolute Gasteiger partial charge is 0.482 e. The Labute approximate surface area is 208 Å². The summed E-state index contributed by atoms with van der Waals surface area (Å²) in [7, 11) is 0. The van der Waals surface area contributed by atoms with Gasteiger partial charge in [0.25, 0.3) is 5.91 Å². The number of rotatable bonds is 4. The van der Waals surface area contributed by atoms with Crippen LogP contribution in [0.15, 0.2) is 49.2 Å². The molecule has 0 unspecified atom stereocenters. The molecule has 0 saturated heterocycles. The fourth-order valence-electron chi connectivity index (χ4n) is 4.82. The maximum atomic E-state index is 15.0. The van der Waals surface area contributed by atoms with Gasteiger partial charge in [0.2, 0.25) is 0 Å². The van der Waals surface area contributed by atoms with Gasteiger partial charge in [-0.25, -0.2) is 9.37 Å². The molecule has 2 aromatic heterocycles. The van der Waals surface area contributed by atoms with Crippen LogP contribution in [-0.4, -0.2) is 35.8 Å². The van der Waals surface area contributed by atoms with Crippen LogP contribution >= 0.6 is 0 Å². The molecule has 1 amide bonds. The second-order valence-corrected chi connectivity index (χ2v) is 9.80. The van der Waals surface area contributed by atoms with Gasteiger partial charge in [-0.1, -0.05) is 13.5 Å². The number of imidazole rings is 1. The predicted octanol–water partition coefficient (Wildman–Crippen LogP) is 5.27. The minimum Gasteiger partial charge on any atom is -0.482 e. The third-order valence-corrected chi connectivity index (χ3v) is 7.11. The molecule has 3 aliphatic rings. The molecule has 3 heterocycles. The molecular formula is C27H27FN6O2. The molecule has 1 aliphatic heterocycles. The summed E-state index contributed by atoms with van der Waals surface area (Å²) < 4.78 is 25.3. The fraction of sp³-hybridized carbons (Fsp3) is 0.333. The number of carbonyl (C=O) groups excluding carboxylic acids is 1. The number of benzene rings is 2. The van der Waals surface area contributed by atoms with E-state index in [0.717, 1.165) is 48.2 Å². The smallest absolute Gasteiger partial charge is 0.258 e. The Morgan fingerprint density at radius 1 is 1.22 bits per heavy atom. The fourth-order valence-corrected chi connectivity index (χ4v) is 4.82. The van der Waals surface area contributed by atoms with E-state index in [9.17, 15) is 9.18 Å². The summed E-state index contributed by atoms with van der Waals surface area (Å²) in [5, 5.41) is 11.2. The van der Waals surface area contributed by atoms with Gasteiger partial charge < -0.3 is 19.2 Å². The topological polar surface area (TPSA) is 86.9 Å².